The van der Waals surface area contributed by atoms with Gasteiger partial charge in [0.2, 0.25) is 5.91 Å². The van der Waals surface area contributed by atoms with Gasteiger partial charge in [-0.1, -0.05) is 17.3 Å². The van der Waals surface area contributed by atoms with E-state index in [-0.39, 0.29) is 11.9 Å². The molecule has 1 atom stereocenters. The van der Waals surface area contributed by atoms with Gasteiger partial charge in [0, 0.05) is 18.2 Å². The van der Waals surface area contributed by atoms with Crippen LogP contribution in [0.2, 0.25) is 0 Å². The van der Waals surface area contributed by atoms with Crippen LogP contribution in [0.4, 0.5) is 0 Å². The maximum atomic E-state index is 13.0. The Bertz CT molecular complexity index is 712. The number of rotatable bonds is 7. The fourth-order valence-electron chi connectivity index (χ4n) is 3.23. The Hall–Kier alpha value is -2.30. The number of nitrogens with zero attached hydrogens (tertiary/aromatic N) is 2. The first-order chi connectivity index (χ1) is 12.0. The minimum absolute atomic E-state index is 0.129. The molecule has 25 heavy (non-hydrogen) atoms. The van der Waals surface area contributed by atoms with E-state index in [9.17, 15) is 4.79 Å². The maximum Gasteiger partial charge on any atom is 0.227 e. The quantitative estimate of drug-likeness (QED) is 0.770. The van der Waals surface area contributed by atoms with E-state index in [0.29, 0.717) is 18.9 Å². The number of hydrogen-bond acceptors (Lipinski definition) is 4. The molecule has 1 aromatic heterocycles. The summed E-state index contributed by atoms with van der Waals surface area (Å²) in [7, 11) is 1.66. The van der Waals surface area contributed by atoms with E-state index in [0.717, 1.165) is 28.3 Å². The summed E-state index contributed by atoms with van der Waals surface area (Å²) in [4.78, 5) is 15.1. The van der Waals surface area contributed by atoms with Crippen LogP contribution in [0.15, 0.2) is 28.8 Å². The highest BCUT2D eigenvalue weighted by atomic mass is 16.5. The molecule has 5 nitrogen and oxygen atoms in total. The number of aryl methyl sites for hydroxylation is 2. The third-order valence-electron chi connectivity index (χ3n) is 5.14. The van der Waals surface area contributed by atoms with Crippen LogP contribution in [0, 0.1) is 19.8 Å². The van der Waals surface area contributed by atoms with Crippen molar-refractivity contribution in [2.45, 2.75) is 52.6 Å². The number of aromatic nitrogens is 1. The van der Waals surface area contributed by atoms with E-state index in [1.54, 1.807) is 7.11 Å². The Kier molecular flexibility index (Phi) is 5.11. The largest absolute Gasteiger partial charge is 0.497 e. The number of carbonyl (C=O) groups excluding carboxylic acids is 1. The lowest BCUT2D eigenvalue weighted by Gasteiger charge is -2.30. The monoisotopic (exact) mass is 342 g/mol. The molecule has 1 heterocycles. The van der Waals surface area contributed by atoms with Crippen molar-refractivity contribution in [1.29, 1.82) is 0 Å². The molecule has 3 rings (SSSR count). The normalized spacial score (nSPS) is 15.0. The Labute approximate surface area is 148 Å². The fraction of sp³-hybridized carbons (Fsp3) is 0.500. The molecule has 1 aliphatic rings. The van der Waals surface area contributed by atoms with E-state index in [4.69, 9.17) is 9.26 Å². The highest BCUT2D eigenvalue weighted by Gasteiger charge is 2.34. The molecule has 1 unspecified atom stereocenters. The van der Waals surface area contributed by atoms with Crippen LogP contribution in [-0.2, 0) is 17.8 Å². The number of methoxy groups -OCH3 is 1. The van der Waals surface area contributed by atoms with Crippen molar-refractivity contribution >= 4 is 5.91 Å². The second-order valence-electron chi connectivity index (χ2n) is 6.93. The molecule has 1 amide bonds. The van der Waals surface area contributed by atoms with Crippen LogP contribution in [0.5, 0.6) is 5.75 Å². The first-order valence-electron chi connectivity index (χ1n) is 8.83. The van der Waals surface area contributed by atoms with Gasteiger partial charge >= 0.3 is 0 Å². The third kappa shape index (κ3) is 4.03. The summed E-state index contributed by atoms with van der Waals surface area (Å²) in [5.74, 6) is 2.30. The molecule has 0 saturated heterocycles. The SMILES string of the molecule is COc1ccc(CN(C(=O)Cc2c(C)noc2C)C(C)C2CC2)cc1. The van der Waals surface area contributed by atoms with Crippen molar-refractivity contribution in [1.82, 2.24) is 10.1 Å². The van der Waals surface area contributed by atoms with Gasteiger partial charge in [0.25, 0.3) is 0 Å². The summed E-state index contributed by atoms with van der Waals surface area (Å²) in [5, 5.41) is 3.96. The van der Waals surface area contributed by atoms with Gasteiger partial charge in [-0.15, -0.1) is 0 Å². The lowest BCUT2D eigenvalue weighted by molar-refractivity contribution is -0.133. The molecule has 0 N–H and O–H groups in total. The minimum Gasteiger partial charge on any atom is -0.497 e. The minimum atomic E-state index is 0.129. The molecular formula is C20H26N2O3. The lowest BCUT2D eigenvalue weighted by atomic mass is 10.1. The Morgan fingerprint density at radius 3 is 2.52 bits per heavy atom. The summed E-state index contributed by atoms with van der Waals surface area (Å²) in [6, 6.07) is 8.17. The van der Waals surface area contributed by atoms with Gasteiger partial charge in [0.05, 0.1) is 19.2 Å². The molecular weight excluding hydrogens is 316 g/mol. The molecule has 0 spiro atoms. The molecule has 0 aliphatic heterocycles. The van der Waals surface area contributed by atoms with Crippen molar-refractivity contribution in [3.63, 3.8) is 0 Å². The summed E-state index contributed by atoms with van der Waals surface area (Å²) in [6.07, 6.45) is 2.76. The van der Waals surface area contributed by atoms with E-state index < -0.39 is 0 Å². The topological polar surface area (TPSA) is 55.6 Å². The van der Waals surface area contributed by atoms with Gasteiger partial charge in [-0.25, -0.2) is 0 Å². The lowest BCUT2D eigenvalue weighted by Crippen LogP contribution is -2.40. The van der Waals surface area contributed by atoms with Gasteiger partial charge in [-0.2, -0.15) is 0 Å². The van der Waals surface area contributed by atoms with Crippen molar-refractivity contribution in [3.8, 4) is 5.75 Å². The first-order valence-corrected chi connectivity index (χ1v) is 8.83. The van der Waals surface area contributed by atoms with E-state index in [2.05, 4.69) is 12.1 Å². The van der Waals surface area contributed by atoms with Crippen LogP contribution >= 0.6 is 0 Å². The third-order valence-corrected chi connectivity index (χ3v) is 5.14. The van der Waals surface area contributed by atoms with E-state index in [1.165, 1.54) is 12.8 Å². The van der Waals surface area contributed by atoms with E-state index >= 15 is 0 Å². The van der Waals surface area contributed by atoms with Crippen molar-refractivity contribution in [2.75, 3.05) is 7.11 Å². The fourth-order valence-corrected chi connectivity index (χ4v) is 3.23. The zero-order valence-electron chi connectivity index (χ0n) is 15.4. The average molecular weight is 342 g/mol. The molecule has 1 saturated carbocycles. The van der Waals surface area contributed by atoms with Crippen LogP contribution < -0.4 is 4.74 Å². The van der Waals surface area contributed by atoms with Crippen LogP contribution in [-0.4, -0.2) is 29.1 Å². The number of ether oxygens (including phenoxy) is 1. The van der Waals surface area contributed by atoms with Gasteiger partial charge in [-0.05, 0) is 57.2 Å². The molecule has 134 valence electrons. The van der Waals surface area contributed by atoms with Crippen molar-refractivity contribution in [2.24, 2.45) is 5.92 Å². The second kappa shape index (κ2) is 7.30. The Morgan fingerprint density at radius 2 is 2.00 bits per heavy atom. The predicted octanol–water partition coefficient (Wildman–Crippen LogP) is 3.67. The number of hydrogen-bond donors (Lipinski definition) is 0. The van der Waals surface area contributed by atoms with Crippen LogP contribution in [0.3, 0.4) is 0 Å². The number of benzene rings is 1. The molecule has 1 aliphatic carbocycles. The summed E-state index contributed by atoms with van der Waals surface area (Å²) >= 11 is 0. The number of amides is 1. The molecule has 0 radical (unpaired) electrons. The molecule has 1 aromatic carbocycles. The average Bonchev–Trinajstić information content (AvgIpc) is 3.42. The smallest absolute Gasteiger partial charge is 0.227 e. The van der Waals surface area contributed by atoms with Gasteiger partial charge < -0.3 is 14.2 Å². The maximum absolute atomic E-state index is 13.0. The molecule has 0 bridgehead atoms. The van der Waals surface area contributed by atoms with Gasteiger partial charge in [-0.3, -0.25) is 4.79 Å². The van der Waals surface area contributed by atoms with Crippen molar-refractivity contribution in [3.05, 3.63) is 46.8 Å². The molecule has 2 aromatic rings. The van der Waals surface area contributed by atoms with Gasteiger partial charge in [0.15, 0.2) is 0 Å². The Morgan fingerprint density at radius 1 is 1.32 bits per heavy atom. The van der Waals surface area contributed by atoms with E-state index in [1.807, 2.05) is 43.0 Å². The molecule has 5 heteroatoms. The summed E-state index contributed by atoms with van der Waals surface area (Å²) in [6.45, 7) is 6.52. The Balaban J connectivity index is 1.77. The van der Waals surface area contributed by atoms with Crippen LogP contribution in [0.1, 0.15) is 42.3 Å². The molecule has 1 fully saturated rings. The van der Waals surface area contributed by atoms with Crippen LogP contribution in [0.25, 0.3) is 0 Å². The first kappa shape index (κ1) is 17.5. The van der Waals surface area contributed by atoms with Crippen molar-refractivity contribution < 1.29 is 14.1 Å². The zero-order chi connectivity index (χ0) is 18.0. The second-order valence-corrected chi connectivity index (χ2v) is 6.93. The predicted molar refractivity (Wildman–Crippen MR) is 95.4 cm³/mol. The van der Waals surface area contributed by atoms with Gasteiger partial charge in [0.1, 0.15) is 11.5 Å². The standard InChI is InChI=1S/C20H26N2O3/c1-13-19(15(3)25-21-13)11-20(23)22(14(2)17-7-8-17)12-16-5-9-18(24-4)10-6-16/h5-6,9-10,14,17H,7-8,11-12H2,1-4H3. The summed E-state index contributed by atoms with van der Waals surface area (Å²) in [5.41, 5.74) is 2.82. The zero-order valence-corrected chi connectivity index (χ0v) is 15.4. The summed E-state index contributed by atoms with van der Waals surface area (Å²) < 4.78 is 10.4. The number of carbonyl (C=O) groups is 1. The highest BCUT2D eigenvalue weighted by molar-refractivity contribution is 5.79. The highest BCUT2D eigenvalue weighted by Crippen LogP contribution is 2.36.